The monoisotopic (exact) mass is 204 g/mol. The van der Waals surface area contributed by atoms with Gasteiger partial charge in [0.05, 0.1) is 0 Å². The van der Waals surface area contributed by atoms with E-state index in [9.17, 15) is 4.21 Å². The fraction of sp³-hybridized carbons (Fsp3) is 1.00. The van der Waals surface area contributed by atoms with Gasteiger partial charge in [0, 0.05) is 5.75 Å². The van der Waals surface area contributed by atoms with E-state index in [0.29, 0.717) is 18.6 Å². The van der Waals surface area contributed by atoms with Gasteiger partial charge in [0.25, 0.3) is 0 Å². The van der Waals surface area contributed by atoms with E-state index in [1.807, 2.05) is 0 Å². The number of hydrogen-bond donors (Lipinski definition) is 1. The van der Waals surface area contributed by atoms with Crippen molar-refractivity contribution in [3.05, 3.63) is 0 Å². The molecule has 0 aromatic rings. The number of alkyl halides is 2. The van der Waals surface area contributed by atoms with E-state index in [2.05, 4.69) is 0 Å². The molecule has 62 valence electrons. The van der Waals surface area contributed by atoms with Gasteiger partial charge in [-0.2, -0.15) is 0 Å². The molecule has 1 N–H and O–H groups in total. The molecule has 2 nitrogen and oxygen atoms in total. The molecule has 0 spiro atoms. The Morgan fingerprint density at radius 3 is 2.40 bits per heavy atom. The first-order valence-corrected chi connectivity index (χ1v) is 5.13. The molecule has 5 heteroatoms. The van der Waals surface area contributed by atoms with Crippen LogP contribution in [0.2, 0.25) is 0 Å². The highest BCUT2D eigenvalue weighted by Crippen LogP contribution is 2.10. The van der Waals surface area contributed by atoms with E-state index in [0.717, 1.165) is 6.42 Å². The molecule has 10 heavy (non-hydrogen) atoms. The van der Waals surface area contributed by atoms with Gasteiger partial charge in [0.2, 0.25) is 0 Å². The molecule has 0 aliphatic rings. The Balaban J connectivity index is 2.98. The predicted octanol–water partition coefficient (Wildman–Crippen LogP) is 2.18. The third-order valence-corrected chi connectivity index (χ3v) is 2.07. The van der Waals surface area contributed by atoms with Crippen molar-refractivity contribution in [2.45, 2.75) is 24.1 Å². The van der Waals surface area contributed by atoms with E-state index >= 15 is 0 Å². The van der Waals surface area contributed by atoms with Crippen LogP contribution in [0.25, 0.3) is 0 Å². The molecule has 0 bridgehead atoms. The summed E-state index contributed by atoms with van der Waals surface area (Å²) in [7, 11) is 0. The first kappa shape index (κ1) is 10.7. The van der Waals surface area contributed by atoms with Crippen LogP contribution in [0.1, 0.15) is 19.3 Å². The zero-order valence-corrected chi connectivity index (χ0v) is 7.75. The molecular formula is C5H10Cl2O2S. The average molecular weight is 205 g/mol. The molecule has 0 aliphatic heterocycles. The molecule has 0 saturated carbocycles. The number of hydrogen-bond acceptors (Lipinski definition) is 1. The molecule has 0 aliphatic carbocycles. The second kappa shape index (κ2) is 6.40. The van der Waals surface area contributed by atoms with Crippen molar-refractivity contribution in [3.8, 4) is 0 Å². The fourth-order valence-corrected chi connectivity index (χ4v) is 1.28. The Morgan fingerprint density at radius 1 is 1.40 bits per heavy atom. The van der Waals surface area contributed by atoms with Crippen LogP contribution in [0.3, 0.4) is 0 Å². The second-order valence-corrected chi connectivity index (χ2v) is 4.24. The highest BCUT2D eigenvalue weighted by atomic mass is 35.5. The van der Waals surface area contributed by atoms with Gasteiger partial charge in [-0.3, -0.25) is 0 Å². The van der Waals surface area contributed by atoms with E-state index < -0.39 is 11.1 Å². The molecule has 0 radical (unpaired) electrons. The zero-order valence-electron chi connectivity index (χ0n) is 5.43. The number of rotatable bonds is 5. The van der Waals surface area contributed by atoms with E-state index in [-0.39, 0.29) is 4.84 Å². The summed E-state index contributed by atoms with van der Waals surface area (Å²) in [6.07, 6.45) is 2.21. The smallest absolute Gasteiger partial charge is 0.152 e. The summed E-state index contributed by atoms with van der Waals surface area (Å²) in [5.74, 6) is 0.320. The van der Waals surface area contributed by atoms with E-state index in [1.165, 1.54) is 0 Å². The topological polar surface area (TPSA) is 37.3 Å². The third-order valence-electron chi connectivity index (χ3n) is 0.991. The molecule has 0 amide bonds. The molecule has 0 saturated heterocycles. The lowest BCUT2D eigenvalue weighted by Crippen LogP contribution is -1.95. The molecule has 0 rings (SSSR count). The summed E-state index contributed by atoms with van der Waals surface area (Å²) in [5.41, 5.74) is 0. The second-order valence-electron chi connectivity index (χ2n) is 1.91. The van der Waals surface area contributed by atoms with Crippen molar-refractivity contribution in [1.82, 2.24) is 0 Å². The Kier molecular flexibility index (Phi) is 6.85. The predicted molar refractivity (Wildman–Crippen MR) is 45.0 cm³/mol. The van der Waals surface area contributed by atoms with Crippen molar-refractivity contribution in [3.63, 3.8) is 0 Å². The molecule has 0 fully saturated rings. The van der Waals surface area contributed by atoms with Crippen LogP contribution in [0.15, 0.2) is 0 Å². The van der Waals surface area contributed by atoms with Gasteiger partial charge in [0.15, 0.2) is 11.1 Å². The van der Waals surface area contributed by atoms with Crippen LogP contribution >= 0.6 is 23.2 Å². The maximum Gasteiger partial charge on any atom is 0.152 e. The lowest BCUT2D eigenvalue weighted by molar-refractivity contribution is 0.559. The summed E-state index contributed by atoms with van der Waals surface area (Å²) in [6, 6.07) is 0. The molecule has 1 unspecified atom stereocenters. The maximum absolute atomic E-state index is 10.1. The first-order chi connectivity index (χ1) is 4.63. The average Bonchev–Trinajstić information content (AvgIpc) is 1.79. The Bertz CT molecular complexity index is 108. The normalized spacial score (nSPS) is 14.0. The minimum Gasteiger partial charge on any atom is -0.306 e. The summed E-state index contributed by atoms with van der Waals surface area (Å²) in [5, 5.41) is 0. The van der Waals surface area contributed by atoms with Crippen LogP contribution in [0.5, 0.6) is 0 Å². The van der Waals surface area contributed by atoms with Crippen LogP contribution in [0.4, 0.5) is 0 Å². The van der Waals surface area contributed by atoms with Crippen molar-refractivity contribution in [2.24, 2.45) is 0 Å². The molecule has 0 heterocycles. The number of unbranched alkanes of at least 4 members (excludes halogenated alkanes) is 1. The summed E-state index contributed by atoms with van der Waals surface area (Å²) >= 11 is 9.17. The maximum atomic E-state index is 10.1. The molecule has 0 aromatic heterocycles. The van der Waals surface area contributed by atoms with E-state index in [4.69, 9.17) is 27.8 Å². The first-order valence-electron chi connectivity index (χ1n) is 2.98. The van der Waals surface area contributed by atoms with Gasteiger partial charge in [-0.05, 0) is 19.3 Å². The van der Waals surface area contributed by atoms with Gasteiger partial charge < -0.3 is 4.55 Å². The highest BCUT2D eigenvalue weighted by Gasteiger charge is 1.98. The van der Waals surface area contributed by atoms with Crippen molar-refractivity contribution in [1.29, 1.82) is 0 Å². The lowest BCUT2D eigenvalue weighted by Gasteiger charge is -1.98. The van der Waals surface area contributed by atoms with Gasteiger partial charge >= 0.3 is 0 Å². The van der Waals surface area contributed by atoms with Crippen molar-refractivity contribution < 1.29 is 8.76 Å². The minimum atomic E-state index is -1.67. The van der Waals surface area contributed by atoms with Gasteiger partial charge in [-0.1, -0.05) is 0 Å². The number of halogens is 2. The van der Waals surface area contributed by atoms with Crippen molar-refractivity contribution >= 4 is 34.3 Å². The van der Waals surface area contributed by atoms with E-state index in [1.54, 1.807) is 0 Å². The van der Waals surface area contributed by atoms with Crippen molar-refractivity contribution in [2.75, 3.05) is 5.75 Å². The minimum absolute atomic E-state index is 0.320. The Hall–Kier alpha value is 0.690. The SMILES string of the molecule is O=S(O)CCCCC(Cl)Cl. The highest BCUT2D eigenvalue weighted by molar-refractivity contribution is 7.79. The lowest BCUT2D eigenvalue weighted by atomic mass is 10.3. The third kappa shape index (κ3) is 8.69. The van der Waals surface area contributed by atoms with Gasteiger partial charge in [-0.15, -0.1) is 23.2 Å². The van der Waals surface area contributed by atoms with Crippen LogP contribution in [-0.2, 0) is 11.1 Å². The fourth-order valence-electron chi connectivity index (χ4n) is 0.524. The quantitative estimate of drug-likeness (QED) is 0.424. The van der Waals surface area contributed by atoms with Crippen LogP contribution in [0, 0.1) is 0 Å². The molecule has 0 aromatic carbocycles. The summed E-state index contributed by atoms with van der Waals surface area (Å²) in [4.78, 5) is -0.341. The van der Waals surface area contributed by atoms with Crippen LogP contribution in [-0.4, -0.2) is 19.4 Å². The summed E-state index contributed by atoms with van der Waals surface area (Å²) in [6.45, 7) is 0. The molecular weight excluding hydrogens is 195 g/mol. The van der Waals surface area contributed by atoms with Gasteiger partial charge in [0.1, 0.15) is 4.84 Å². The zero-order chi connectivity index (χ0) is 7.98. The molecule has 1 atom stereocenters. The van der Waals surface area contributed by atoms with Gasteiger partial charge in [-0.25, -0.2) is 4.21 Å². The Labute approximate surface area is 73.2 Å². The van der Waals surface area contributed by atoms with Crippen LogP contribution < -0.4 is 0 Å². The standard InChI is InChI=1S/C5H10Cl2O2S/c6-5(7)3-1-2-4-10(8)9/h5H,1-4H2,(H,8,9). The summed E-state index contributed by atoms with van der Waals surface area (Å²) < 4.78 is 18.4. The largest absolute Gasteiger partial charge is 0.306 e. The Morgan fingerprint density at radius 2 is 2.00 bits per heavy atom.